The summed E-state index contributed by atoms with van der Waals surface area (Å²) >= 11 is 0. The highest BCUT2D eigenvalue weighted by Crippen LogP contribution is 2.28. The monoisotopic (exact) mass is 558 g/mol. The summed E-state index contributed by atoms with van der Waals surface area (Å²) in [6.45, 7) is 10.1. The van der Waals surface area contributed by atoms with Crippen LogP contribution in [0.5, 0.6) is 0 Å². The van der Waals surface area contributed by atoms with Gasteiger partial charge in [-0.25, -0.2) is 13.9 Å². The predicted molar refractivity (Wildman–Crippen MR) is 150 cm³/mol. The van der Waals surface area contributed by atoms with Crippen molar-refractivity contribution in [1.82, 2.24) is 19.0 Å². The second-order valence-electron chi connectivity index (χ2n) is 10.3. The van der Waals surface area contributed by atoms with Gasteiger partial charge in [-0.05, 0) is 63.2 Å². The Morgan fingerprint density at radius 3 is 2.31 bits per heavy atom. The molecule has 1 N–H and O–H groups in total. The van der Waals surface area contributed by atoms with Crippen molar-refractivity contribution in [2.45, 2.75) is 33.3 Å². The fourth-order valence-electron chi connectivity index (χ4n) is 4.10. The standard InChI is InChI=1S/C27H35FN6O4S/c1-6-31(5)39(36,37)30-24-9-7-8-22(25(24)28)23-14-15-34(29-23)21-12-10-20(11-13-21)32-16-18-33(19-17-32)26(35)38-27(2,3)4/h7-15,30H,6,16-19H2,1-5H3. The van der Waals surface area contributed by atoms with Crippen LogP contribution in [0.25, 0.3) is 16.9 Å². The van der Waals surface area contributed by atoms with Gasteiger partial charge in [-0.2, -0.15) is 17.8 Å². The number of anilines is 2. The van der Waals surface area contributed by atoms with Gasteiger partial charge >= 0.3 is 16.3 Å². The molecule has 0 bridgehead atoms. The van der Waals surface area contributed by atoms with Crippen molar-refractivity contribution >= 4 is 27.7 Å². The summed E-state index contributed by atoms with van der Waals surface area (Å²) in [7, 11) is -2.45. The minimum Gasteiger partial charge on any atom is -0.444 e. The van der Waals surface area contributed by atoms with Crippen LogP contribution in [0.1, 0.15) is 27.7 Å². The minimum atomic E-state index is -3.86. The van der Waals surface area contributed by atoms with Gasteiger partial charge in [0.2, 0.25) is 0 Å². The van der Waals surface area contributed by atoms with E-state index in [9.17, 15) is 13.2 Å². The molecule has 1 fully saturated rings. The molecule has 3 aromatic rings. The topological polar surface area (TPSA) is 100 Å². The molecule has 0 saturated carbocycles. The molecule has 4 rings (SSSR count). The molecule has 210 valence electrons. The molecule has 1 aromatic heterocycles. The molecule has 0 atom stereocenters. The van der Waals surface area contributed by atoms with E-state index >= 15 is 4.39 Å². The Bertz CT molecular complexity index is 1410. The molecule has 0 aliphatic carbocycles. The second kappa shape index (κ2) is 11.2. The van der Waals surface area contributed by atoms with Gasteiger partial charge in [0.05, 0.1) is 17.1 Å². The van der Waals surface area contributed by atoms with E-state index in [0.29, 0.717) is 31.9 Å². The van der Waals surface area contributed by atoms with Crippen LogP contribution in [0.3, 0.4) is 0 Å². The van der Waals surface area contributed by atoms with Gasteiger partial charge in [-0.3, -0.25) is 4.72 Å². The van der Waals surface area contributed by atoms with E-state index in [0.717, 1.165) is 15.7 Å². The summed E-state index contributed by atoms with van der Waals surface area (Å²) in [5, 5.41) is 4.52. The number of rotatable bonds is 7. The third-order valence-corrected chi connectivity index (χ3v) is 7.93. The molecule has 12 heteroatoms. The number of carbonyl (C=O) groups excluding carboxylic acids is 1. The number of hydrogen-bond donors (Lipinski definition) is 1. The van der Waals surface area contributed by atoms with E-state index in [1.807, 2.05) is 45.0 Å². The van der Waals surface area contributed by atoms with Gasteiger partial charge in [0.25, 0.3) is 0 Å². The van der Waals surface area contributed by atoms with Crippen LogP contribution in [-0.4, -0.2) is 78.9 Å². The Hall–Kier alpha value is -3.64. The lowest BCUT2D eigenvalue weighted by Crippen LogP contribution is -2.50. The number of nitrogens with one attached hydrogen (secondary N) is 1. The highest BCUT2D eigenvalue weighted by molar-refractivity contribution is 7.90. The van der Waals surface area contributed by atoms with Crippen LogP contribution < -0.4 is 9.62 Å². The maximum atomic E-state index is 15.3. The first-order valence-corrected chi connectivity index (χ1v) is 14.2. The normalized spacial score (nSPS) is 14.5. The molecule has 1 aliphatic rings. The second-order valence-corrected chi connectivity index (χ2v) is 12.1. The Kier molecular flexibility index (Phi) is 8.17. The highest BCUT2D eigenvalue weighted by atomic mass is 32.2. The van der Waals surface area contributed by atoms with E-state index in [1.54, 1.807) is 40.9 Å². The van der Waals surface area contributed by atoms with Crippen LogP contribution in [0.2, 0.25) is 0 Å². The average Bonchev–Trinajstić information content (AvgIpc) is 3.38. The van der Waals surface area contributed by atoms with E-state index < -0.39 is 21.6 Å². The van der Waals surface area contributed by atoms with Crippen molar-refractivity contribution < 1.29 is 22.3 Å². The van der Waals surface area contributed by atoms with Gasteiger partial charge in [-0.1, -0.05) is 13.0 Å². The third kappa shape index (κ3) is 6.69. The average molecular weight is 559 g/mol. The number of carbonyl (C=O) groups is 1. The van der Waals surface area contributed by atoms with Crippen LogP contribution in [0.4, 0.5) is 20.6 Å². The first-order chi connectivity index (χ1) is 18.4. The van der Waals surface area contributed by atoms with Crippen molar-refractivity contribution in [3.63, 3.8) is 0 Å². The molecular formula is C27H35FN6O4S. The van der Waals surface area contributed by atoms with Crippen LogP contribution in [0.15, 0.2) is 54.7 Å². The fraction of sp³-hybridized carbons (Fsp3) is 0.407. The third-order valence-electron chi connectivity index (χ3n) is 6.37. The van der Waals surface area contributed by atoms with Crippen molar-refractivity contribution in [2.24, 2.45) is 0 Å². The van der Waals surface area contributed by atoms with Crippen molar-refractivity contribution in [3.8, 4) is 16.9 Å². The van der Waals surface area contributed by atoms with Crippen molar-refractivity contribution in [3.05, 3.63) is 60.5 Å². The molecule has 2 aromatic carbocycles. The summed E-state index contributed by atoms with van der Waals surface area (Å²) in [5.74, 6) is -0.697. The van der Waals surface area contributed by atoms with Crippen LogP contribution in [0, 0.1) is 5.82 Å². The number of ether oxygens (including phenoxy) is 1. The molecule has 10 nitrogen and oxygen atoms in total. The smallest absolute Gasteiger partial charge is 0.410 e. The SMILES string of the molecule is CCN(C)S(=O)(=O)Nc1cccc(-c2ccn(-c3ccc(N4CCN(C(=O)OC(C)(C)C)CC4)cc3)n2)c1F. The quantitative estimate of drug-likeness (QED) is 0.463. The maximum absolute atomic E-state index is 15.3. The van der Waals surface area contributed by atoms with E-state index in [4.69, 9.17) is 4.74 Å². The number of hydrogen-bond acceptors (Lipinski definition) is 6. The largest absolute Gasteiger partial charge is 0.444 e. The molecule has 1 saturated heterocycles. The van der Waals surface area contributed by atoms with Gasteiger partial charge in [0, 0.05) is 57.2 Å². The first-order valence-electron chi connectivity index (χ1n) is 12.8. The predicted octanol–water partition coefficient (Wildman–Crippen LogP) is 4.34. The summed E-state index contributed by atoms with van der Waals surface area (Å²) in [5.41, 5.74) is 1.72. The minimum absolute atomic E-state index is 0.140. The van der Waals surface area contributed by atoms with Gasteiger partial charge in [-0.15, -0.1) is 0 Å². The summed E-state index contributed by atoms with van der Waals surface area (Å²) < 4.78 is 50.5. The molecule has 0 spiro atoms. The number of amides is 1. The Morgan fingerprint density at radius 2 is 1.69 bits per heavy atom. The molecule has 39 heavy (non-hydrogen) atoms. The molecular weight excluding hydrogens is 523 g/mol. The lowest BCUT2D eigenvalue weighted by atomic mass is 10.1. The Morgan fingerprint density at radius 1 is 1.05 bits per heavy atom. The van der Waals surface area contributed by atoms with Gasteiger partial charge in [0.1, 0.15) is 5.60 Å². The first kappa shape index (κ1) is 28.4. The zero-order valence-corrected chi connectivity index (χ0v) is 23.7. The van der Waals surface area contributed by atoms with Crippen molar-refractivity contribution in [2.75, 3.05) is 49.4 Å². The summed E-state index contributed by atoms with van der Waals surface area (Å²) in [6.07, 6.45) is 1.44. The lowest BCUT2D eigenvalue weighted by Gasteiger charge is -2.36. The molecule has 0 radical (unpaired) electrons. The number of piperazine rings is 1. The molecule has 0 unspecified atom stereocenters. The number of aromatic nitrogens is 2. The number of benzene rings is 2. The molecule has 1 amide bonds. The zero-order valence-electron chi connectivity index (χ0n) is 22.9. The fourth-order valence-corrected chi connectivity index (χ4v) is 5.03. The van der Waals surface area contributed by atoms with Crippen LogP contribution in [-0.2, 0) is 14.9 Å². The van der Waals surface area contributed by atoms with E-state index in [2.05, 4.69) is 14.7 Å². The zero-order chi connectivity index (χ0) is 28.4. The van der Waals surface area contributed by atoms with Gasteiger partial charge < -0.3 is 14.5 Å². The maximum Gasteiger partial charge on any atom is 0.410 e. The Balaban J connectivity index is 1.44. The van der Waals surface area contributed by atoms with Gasteiger partial charge in [0.15, 0.2) is 5.82 Å². The summed E-state index contributed by atoms with van der Waals surface area (Å²) in [4.78, 5) is 16.3. The number of nitrogens with zero attached hydrogens (tertiary/aromatic N) is 5. The van der Waals surface area contributed by atoms with Crippen LogP contribution >= 0.6 is 0 Å². The van der Waals surface area contributed by atoms with Crippen molar-refractivity contribution in [1.29, 1.82) is 0 Å². The highest BCUT2D eigenvalue weighted by Gasteiger charge is 2.26. The Labute approximate surface area is 229 Å². The number of halogens is 1. The van der Waals surface area contributed by atoms with E-state index in [-0.39, 0.29) is 23.9 Å². The molecule has 2 heterocycles. The molecule has 1 aliphatic heterocycles. The summed E-state index contributed by atoms with van der Waals surface area (Å²) in [6, 6.07) is 14.0. The lowest BCUT2D eigenvalue weighted by molar-refractivity contribution is 0.0240. The van der Waals surface area contributed by atoms with E-state index in [1.165, 1.54) is 13.1 Å².